The molecular weight excluding hydrogens is 330 g/mol. The van der Waals surface area contributed by atoms with Crippen LogP contribution in [0.5, 0.6) is 0 Å². The highest BCUT2D eigenvalue weighted by atomic mass is 32.2. The zero-order chi connectivity index (χ0) is 15.3. The molecule has 1 saturated heterocycles. The molecule has 1 aliphatic heterocycles. The lowest BCUT2D eigenvalue weighted by atomic mass is 10.4. The number of likely N-dealkylation sites (tertiary alicyclic amines) is 1. The predicted molar refractivity (Wildman–Crippen MR) is 85.7 cm³/mol. The molecule has 1 atom stereocenters. The SMILES string of the molecule is CS(=O)(=O)[C@H]1CCN(C(=O)NCCCSc2nccs2)C1. The summed E-state index contributed by atoms with van der Waals surface area (Å²) in [7, 11) is -3.05. The summed E-state index contributed by atoms with van der Waals surface area (Å²) in [5, 5.41) is 4.37. The van der Waals surface area contributed by atoms with Crippen molar-refractivity contribution in [2.24, 2.45) is 0 Å². The van der Waals surface area contributed by atoms with Crippen LogP contribution >= 0.6 is 23.1 Å². The predicted octanol–water partition coefficient (Wildman–Crippen LogP) is 1.45. The van der Waals surface area contributed by atoms with E-state index in [1.165, 1.54) is 6.26 Å². The van der Waals surface area contributed by atoms with Gasteiger partial charge in [0.25, 0.3) is 0 Å². The quantitative estimate of drug-likeness (QED) is 0.621. The first kappa shape index (κ1) is 16.6. The number of amides is 2. The third kappa shape index (κ3) is 5.15. The second-order valence-corrected chi connectivity index (χ2v) is 9.48. The number of rotatable bonds is 6. The number of sulfone groups is 1. The van der Waals surface area contributed by atoms with Gasteiger partial charge in [-0.3, -0.25) is 0 Å². The smallest absolute Gasteiger partial charge is 0.317 e. The molecule has 0 radical (unpaired) electrons. The van der Waals surface area contributed by atoms with Gasteiger partial charge in [-0.25, -0.2) is 18.2 Å². The van der Waals surface area contributed by atoms with Crippen molar-refractivity contribution in [2.45, 2.75) is 22.4 Å². The van der Waals surface area contributed by atoms with Crippen molar-refractivity contribution in [3.05, 3.63) is 11.6 Å². The maximum absolute atomic E-state index is 11.9. The Morgan fingerprint density at radius 3 is 3.05 bits per heavy atom. The molecule has 2 amide bonds. The van der Waals surface area contributed by atoms with E-state index in [1.54, 1.807) is 34.2 Å². The highest BCUT2D eigenvalue weighted by Crippen LogP contribution is 2.20. The monoisotopic (exact) mass is 349 g/mol. The zero-order valence-electron chi connectivity index (χ0n) is 11.8. The molecule has 2 rings (SSSR count). The number of thioether (sulfide) groups is 1. The molecule has 1 N–H and O–H groups in total. The van der Waals surface area contributed by atoms with Crippen LogP contribution in [0.3, 0.4) is 0 Å². The average Bonchev–Trinajstić information content (AvgIpc) is 3.08. The first-order chi connectivity index (χ1) is 9.97. The second kappa shape index (κ2) is 7.46. The zero-order valence-corrected chi connectivity index (χ0v) is 14.3. The van der Waals surface area contributed by atoms with Gasteiger partial charge in [0.2, 0.25) is 0 Å². The summed E-state index contributed by atoms with van der Waals surface area (Å²) in [5.74, 6) is 0.903. The normalized spacial score (nSPS) is 18.9. The molecule has 2 heterocycles. The summed E-state index contributed by atoms with van der Waals surface area (Å²) in [6, 6.07) is -0.166. The molecule has 0 saturated carbocycles. The van der Waals surface area contributed by atoms with Crippen molar-refractivity contribution < 1.29 is 13.2 Å². The Morgan fingerprint density at radius 1 is 1.62 bits per heavy atom. The van der Waals surface area contributed by atoms with Crippen LogP contribution in [-0.2, 0) is 9.84 Å². The molecule has 0 aliphatic carbocycles. The fourth-order valence-electron chi connectivity index (χ4n) is 2.08. The first-order valence-corrected chi connectivity index (χ1v) is 10.5. The summed E-state index contributed by atoms with van der Waals surface area (Å²) in [6.45, 7) is 1.41. The largest absolute Gasteiger partial charge is 0.338 e. The number of nitrogens with zero attached hydrogens (tertiary/aromatic N) is 2. The molecule has 1 fully saturated rings. The number of carbonyl (C=O) groups is 1. The highest BCUT2D eigenvalue weighted by molar-refractivity contribution is 8.01. The third-order valence-electron chi connectivity index (χ3n) is 3.27. The number of hydrogen-bond acceptors (Lipinski definition) is 6. The molecule has 118 valence electrons. The Labute approximate surface area is 133 Å². The number of urea groups is 1. The number of thiazole rings is 1. The Hall–Kier alpha value is -0.800. The molecule has 1 aliphatic rings. The fourth-order valence-corrected chi connectivity index (χ4v) is 4.71. The van der Waals surface area contributed by atoms with Gasteiger partial charge in [0.1, 0.15) is 4.34 Å². The molecule has 21 heavy (non-hydrogen) atoms. The van der Waals surface area contributed by atoms with Crippen LogP contribution in [0.2, 0.25) is 0 Å². The third-order valence-corrected chi connectivity index (χ3v) is 6.92. The molecule has 0 unspecified atom stereocenters. The van der Waals surface area contributed by atoms with Gasteiger partial charge in [-0.1, -0.05) is 11.8 Å². The Balaban J connectivity index is 1.62. The average molecular weight is 350 g/mol. The summed E-state index contributed by atoms with van der Waals surface area (Å²) < 4.78 is 23.9. The van der Waals surface area contributed by atoms with Gasteiger partial charge in [0, 0.05) is 43.2 Å². The van der Waals surface area contributed by atoms with E-state index in [-0.39, 0.29) is 6.03 Å². The minimum Gasteiger partial charge on any atom is -0.338 e. The highest BCUT2D eigenvalue weighted by Gasteiger charge is 2.32. The number of nitrogens with one attached hydrogen (secondary N) is 1. The van der Waals surface area contributed by atoms with E-state index in [0.717, 1.165) is 16.5 Å². The van der Waals surface area contributed by atoms with Gasteiger partial charge < -0.3 is 10.2 Å². The van der Waals surface area contributed by atoms with Crippen molar-refractivity contribution in [1.29, 1.82) is 0 Å². The van der Waals surface area contributed by atoms with E-state index in [9.17, 15) is 13.2 Å². The van der Waals surface area contributed by atoms with E-state index < -0.39 is 15.1 Å². The van der Waals surface area contributed by atoms with Gasteiger partial charge in [0.15, 0.2) is 9.84 Å². The van der Waals surface area contributed by atoms with E-state index in [0.29, 0.717) is 26.1 Å². The van der Waals surface area contributed by atoms with E-state index in [1.807, 2.05) is 5.38 Å². The minimum absolute atomic E-state index is 0.166. The maximum atomic E-state index is 11.9. The summed E-state index contributed by atoms with van der Waals surface area (Å²) in [4.78, 5) is 17.7. The Kier molecular flexibility index (Phi) is 5.88. The molecule has 6 nitrogen and oxygen atoms in total. The fraction of sp³-hybridized carbons (Fsp3) is 0.667. The first-order valence-electron chi connectivity index (χ1n) is 6.71. The number of aromatic nitrogens is 1. The number of carbonyl (C=O) groups excluding carboxylic acids is 1. The molecule has 0 bridgehead atoms. The standard InChI is InChI=1S/C12H19N3O3S3/c1-21(17,18)10-3-6-15(9-10)11(16)13-4-2-7-19-12-14-5-8-20-12/h5,8,10H,2-4,6-7,9H2,1H3,(H,13,16)/t10-/m0/s1. The minimum atomic E-state index is -3.05. The number of hydrogen-bond donors (Lipinski definition) is 1. The second-order valence-electron chi connectivity index (χ2n) is 4.92. The van der Waals surface area contributed by atoms with Crippen LogP contribution in [0.25, 0.3) is 0 Å². The van der Waals surface area contributed by atoms with Crippen LogP contribution in [0, 0.1) is 0 Å². The lowest BCUT2D eigenvalue weighted by molar-refractivity contribution is 0.209. The Bertz CT molecular complexity index is 560. The lowest BCUT2D eigenvalue weighted by Crippen LogP contribution is -2.40. The molecule has 0 aromatic carbocycles. The van der Waals surface area contributed by atoms with E-state index in [4.69, 9.17) is 0 Å². The summed E-state index contributed by atoms with van der Waals surface area (Å²) in [6.07, 6.45) is 4.40. The summed E-state index contributed by atoms with van der Waals surface area (Å²) in [5.41, 5.74) is 0. The van der Waals surface area contributed by atoms with E-state index in [2.05, 4.69) is 10.3 Å². The van der Waals surface area contributed by atoms with Gasteiger partial charge in [-0.15, -0.1) is 11.3 Å². The topological polar surface area (TPSA) is 79.4 Å². The van der Waals surface area contributed by atoms with Gasteiger partial charge in [-0.2, -0.15) is 0 Å². The molecule has 1 aromatic heterocycles. The molecule has 1 aromatic rings. The van der Waals surface area contributed by atoms with Crippen LogP contribution in [0.4, 0.5) is 4.79 Å². The van der Waals surface area contributed by atoms with Gasteiger partial charge >= 0.3 is 6.03 Å². The lowest BCUT2D eigenvalue weighted by Gasteiger charge is -2.16. The van der Waals surface area contributed by atoms with E-state index >= 15 is 0 Å². The van der Waals surface area contributed by atoms with Crippen LogP contribution < -0.4 is 5.32 Å². The van der Waals surface area contributed by atoms with Crippen LogP contribution in [0.1, 0.15) is 12.8 Å². The van der Waals surface area contributed by atoms with Crippen LogP contribution in [-0.4, -0.2) is 61.2 Å². The van der Waals surface area contributed by atoms with Crippen molar-refractivity contribution in [1.82, 2.24) is 15.2 Å². The van der Waals surface area contributed by atoms with Crippen molar-refractivity contribution in [2.75, 3.05) is 31.6 Å². The van der Waals surface area contributed by atoms with Crippen LogP contribution in [0.15, 0.2) is 15.9 Å². The molecule has 9 heteroatoms. The van der Waals surface area contributed by atoms with Crippen molar-refractivity contribution >= 4 is 39.0 Å². The molecule has 0 spiro atoms. The maximum Gasteiger partial charge on any atom is 0.317 e. The van der Waals surface area contributed by atoms with Crippen molar-refractivity contribution in [3.63, 3.8) is 0 Å². The van der Waals surface area contributed by atoms with Crippen molar-refractivity contribution in [3.8, 4) is 0 Å². The Morgan fingerprint density at radius 2 is 2.43 bits per heavy atom. The van der Waals surface area contributed by atoms with Gasteiger partial charge in [0.05, 0.1) is 5.25 Å². The molecular formula is C12H19N3O3S3. The van der Waals surface area contributed by atoms with Gasteiger partial charge in [-0.05, 0) is 12.8 Å². The summed E-state index contributed by atoms with van der Waals surface area (Å²) >= 11 is 3.29.